The molecule has 0 aliphatic heterocycles. The summed E-state index contributed by atoms with van der Waals surface area (Å²) >= 11 is 0. The Morgan fingerprint density at radius 1 is 1.09 bits per heavy atom. The van der Waals surface area contributed by atoms with Gasteiger partial charge in [0.1, 0.15) is 11.6 Å². The molecular weight excluding hydrogens is 288 g/mol. The highest BCUT2D eigenvalue weighted by Crippen LogP contribution is 2.35. The Labute approximate surface area is 126 Å². The van der Waals surface area contributed by atoms with Crippen LogP contribution in [0.1, 0.15) is 29.4 Å². The molecule has 3 nitrogen and oxygen atoms in total. The van der Waals surface area contributed by atoms with E-state index in [0.29, 0.717) is 11.1 Å². The fourth-order valence-corrected chi connectivity index (χ4v) is 2.42. The highest BCUT2D eigenvalue weighted by Gasteiger charge is 2.27. The van der Waals surface area contributed by atoms with Crippen LogP contribution in [0.5, 0.6) is 0 Å². The summed E-state index contributed by atoms with van der Waals surface area (Å²) in [5, 5.41) is 18.5. The van der Waals surface area contributed by atoms with Crippen LogP contribution in [0.2, 0.25) is 0 Å². The lowest BCUT2D eigenvalue weighted by molar-refractivity contribution is -0.137. The monoisotopic (exact) mass is 301 g/mol. The van der Waals surface area contributed by atoms with E-state index in [-0.39, 0.29) is 6.42 Å². The first-order valence-electron chi connectivity index (χ1n) is 6.63. The molecule has 0 amide bonds. The van der Waals surface area contributed by atoms with Gasteiger partial charge in [-0.1, -0.05) is 24.3 Å². The highest BCUT2D eigenvalue weighted by atomic mass is 19.1. The molecule has 0 saturated heterocycles. The molecule has 0 aromatic heterocycles. The maximum absolute atomic E-state index is 13.4. The number of hydrogen-bond acceptors (Lipinski definition) is 2. The van der Waals surface area contributed by atoms with Gasteiger partial charge in [0.05, 0.1) is 18.4 Å². The molecule has 2 rings (SSSR count). The third-order valence-electron chi connectivity index (χ3n) is 3.44. The van der Waals surface area contributed by atoms with Crippen LogP contribution < -0.4 is 0 Å². The summed E-state index contributed by atoms with van der Waals surface area (Å²) in [7, 11) is 0. The molecule has 0 fully saturated rings. The Bertz CT molecular complexity index is 707. The van der Waals surface area contributed by atoms with Crippen molar-refractivity contribution >= 4 is 5.97 Å². The van der Waals surface area contributed by atoms with E-state index in [1.165, 1.54) is 42.5 Å². The third kappa shape index (κ3) is 3.67. The average Bonchev–Trinajstić information content (AvgIpc) is 2.48. The smallest absolute Gasteiger partial charge is 0.304 e. The minimum absolute atomic E-state index is 0.320. The maximum atomic E-state index is 13.4. The molecule has 2 atom stereocenters. The van der Waals surface area contributed by atoms with E-state index < -0.39 is 29.4 Å². The lowest BCUT2D eigenvalue weighted by Gasteiger charge is -2.21. The Balaban J connectivity index is 2.44. The highest BCUT2D eigenvalue weighted by molar-refractivity contribution is 5.68. The van der Waals surface area contributed by atoms with Gasteiger partial charge in [-0.15, -0.1) is 0 Å². The van der Waals surface area contributed by atoms with Gasteiger partial charge in [-0.05, 0) is 35.4 Å². The minimum atomic E-state index is -1.09. The van der Waals surface area contributed by atoms with E-state index in [1.807, 2.05) is 0 Å². The van der Waals surface area contributed by atoms with Crippen molar-refractivity contribution in [1.29, 1.82) is 5.26 Å². The van der Waals surface area contributed by atoms with Gasteiger partial charge in [0.2, 0.25) is 0 Å². The van der Waals surface area contributed by atoms with Crippen LogP contribution in [0.25, 0.3) is 0 Å². The molecule has 22 heavy (non-hydrogen) atoms. The van der Waals surface area contributed by atoms with Crippen molar-refractivity contribution in [2.24, 2.45) is 0 Å². The lowest BCUT2D eigenvalue weighted by atomic mass is 9.80. The number of halogens is 2. The van der Waals surface area contributed by atoms with E-state index >= 15 is 0 Å². The molecule has 2 unspecified atom stereocenters. The number of carboxylic acid groups (broad SMARTS) is 1. The van der Waals surface area contributed by atoms with Crippen LogP contribution in [-0.4, -0.2) is 11.1 Å². The summed E-state index contributed by atoms with van der Waals surface area (Å²) < 4.78 is 26.4. The molecular formula is C17H13F2NO2. The van der Waals surface area contributed by atoms with Crippen LogP contribution in [0, 0.1) is 23.0 Å². The first-order valence-corrected chi connectivity index (χ1v) is 6.63. The van der Waals surface area contributed by atoms with Crippen molar-refractivity contribution in [2.75, 3.05) is 0 Å². The largest absolute Gasteiger partial charge is 0.481 e. The molecule has 2 aromatic rings. The van der Waals surface area contributed by atoms with Crippen molar-refractivity contribution in [3.05, 3.63) is 71.3 Å². The molecule has 0 bridgehead atoms. The van der Waals surface area contributed by atoms with Gasteiger partial charge >= 0.3 is 5.97 Å². The Morgan fingerprint density at radius 3 is 2.32 bits per heavy atom. The van der Waals surface area contributed by atoms with Crippen LogP contribution in [-0.2, 0) is 4.79 Å². The van der Waals surface area contributed by atoms with Gasteiger partial charge in [0, 0.05) is 5.92 Å². The van der Waals surface area contributed by atoms with Gasteiger partial charge in [0.25, 0.3) is 0 Å². The predicted molar refractivity (Wildman–Crippen MR) is 76.1 cm³/mol. The number of aliphatic carboxylic acids is 1. The molecule has 1 N–H and O–H groups in total. The van der Waals surface area contributed by atoms with Crippen molar-refractivity contribution in [3.8, 4) is 6.07 Å². The maximum Gasteiger partial charge on any atom is 0.304 e. The molecule has 0 radical (unpaired) electrons. The number of rotatable bonds is 5. The number of nitrogens with zero attached hydrogens (tertiary/aromatic N) is 1. The summed E-state index contributed by atoms with van der Waals surface area (Å²) in [5.74, 6) is -3.55. The standard InChI is InChI=1S/C17H13F2NO2/c18-13-6-4-11(5-7-13)16(10-20)15(9-17(21)22)12-2-1-3-14(19)8-12/h1-8,15-16H,9H2,(H,21,22). The zero-order valence-corrected chi connectivity index (χ0v) is 11.5. The van der Waals surface area contributed by atoms with Crippen LogP contribution in [0.15, 0.2) is 48.5 Å². The molecule has 0 aliphatic carbocycles. The zero-order valence-electron chi connectivity index (χ0n) is 11.5. The number of carbonyl (C=O) groups is 1. The quantitative estimate of drug-likeness (QED) is 0.913. The number of hydrogen-bond donors (Lipinski definition) is 1. The topological polar surface area (TPSA) is 61.1 Å². The van der Waals surface area contributed by atoms with Crippen molar-refractivity contribution < 1.29 is 18.7 Å². The van der Waals surface area contributed by atoms with Crippen molar-refractivity contribution in [2.45, 2.75) is 18.3 Å². The third-order valence-corrected chi connectivity index (χ3v) is 3.44. The van der Waals surface area contributed by atoms with Gasteiger partial charge < -0.3 is 5.11 Å². The summed E-state index contributed by atoms with van der Waals surface area (Å²) in [6, 6.07) is 12.9. The van der Waals surface area contributed by atoms with E-state index in [2.05, 4.69) is 6.07 Å². The van der Waals surface area contributed by atoms with E-state index in [9.17, 15) is 18.8 Å². The van der Waals surface area contributed by atoms with Gasteiger partial charge in [-0.25, -0.2) is 8.78 Å². The van der Waals surface area contributed by atoms with E-state index in [0.717, 1.165) is 0 Å². The van der Waals surface area contributed by atoms with Crippen LogP contribution in [0.3, 0.4) is 0 Å². The molecule has 112 valence electrons. The Morgan fingerprint density at radius 2 is 1.77 bits per heavy atom. The summed E-state index contributed by atoms with van der Waals surface area (Å²) in [4.78, 5) is 11.1. The van der Waals surface area contributed by atoms with Gasteiger partial charge in [-0.2, -0.15) is 5.26 Å². The SMILES string of the molecule is N#CC(c1ccc(F)cc1)C(CC(=O)O)c1cccc(F)c1. The number of carboxylic acids is 1. The number of nitriles is 1. The van der Waals surface area contributed by atoms with Crippen molar-refractivity contribution in [3.63, 3.8) is 0 Å². The second kappa shape index (κ2) is 6.81. The summed E-state index contributed by atoms with van der Waals surface area (Å²) in [6.07, 6.45) is -0.320. The minimum Gasteiger partial charge on any atom is -0.481 e. The molecule has 0 spiro atoms. The fourth-order valence-electron chi connectivity index (χ4n) is 2.42. The van der Waals surface area contributed by atoms with Crippen LogP contribution in [0.4, 0.5) is 8.78 Å². The normalized spacial score (nSPS) is 13.1. The fraction of sp³-hybridized carbons (Fsp3) is 0.176. The second-order valence-electron chi connectivity index (χ2n) is 4.92. The van der Waals surface area contributed by atoms with E-state index in [1.54, 1.807) is 6.07 Å². The average molecular weight is 301 g/mol. The Hall–Kier alpha value is -2.74. The van der Waals surface area contributed by atoms with Gasteiger partial charge in [0.15, 0.2) is 0 Å². The molecule has 0 heterocycles. The second-order valence-corrected chi connectivity index (χ2v) is 4.92. The zero-order chi connectivity index (χ0) is 16.1. The molecule has 5 heteroatoms. The molecule has 0 aliphatic rings. The summed E-state index contributed by atoms with van der Waals surface area (Å²) in [5.41, 5.74) is 0.928. The van der Waals surface area contributed by atoms with Gasteiger partial charge in [-0.3, -0.25) is 4.79 Å². The first kappa shape index (κ1) is 15.6. The van der Waals surface area contributed by atoms with Crippen molar-refractivity contribution in [1.82, 2.24) is 0 Å². The summed E-state index contributed by atoms with van der Waals surface area (Å²) in [6.45, 7) is 0. The lowest BCUT2D eigenvalue weighted by Crippen LogP contribution is -2.14. The van der Waals surface area contributed by atoms with E-state index in [4.69, 9.17) is 5.11 Å². The molecule has 0 saturated carbocycles. The first-order chi connectivity index (χ1) is 10.5. The predicted octanol–water partition coefficient (Wildman–Crippen LogP) is 3.83. The number of benzene rings is 2. The van der Waals surface area contributed by atoms with Crippen LogP contribution >= 0.6 is 0 Å². The molecule has 2 aromatic carbocycles. The Kier molecular flexibility index (Phi) is 4.84.